The van der Waals surface area contributed by atoms with Crippen LogP contribution in [0.15, 0.2) is 85.1 Å². The predicted octanol–water partition coefficient (Wildman–Crippen LogP) is 8.47. The molecule has 208 valence electrons. The third-order valence-corrected chi connectivity index (χ3v) is 6.04. The summed E-state index contributed by atoms with van der Waals surface area (Å²) in [6.07, 6.45) is 2.08. The lowest BCUT2D eigenvalue weighted by Gasteiger charge is -2.03. The lowest BCUT2D eigenvalue weighted by atomic mass is 10.1. The van der Waals surface area contributed by atoms with Crippen molar-refractivity contribution in [1.82, 2.24) is 0 Å². The molecule has 0 atom stereocenters. The van der Waals surface area contributed by atoms with E-state index >= 15 is 0 Å². The lowest BCUT2D eigenvalue weighted by molar-refractivity contribution is -0.660. The van der Waals surface area contributed by atoms with Crippen LogP contribution >= 0.6 is 11.3 Å². The molecule has 14 heteroatoms. The Balaban J connectivity index is 0.000000458. The lowest BCUT2D eigenvalue weighted by Crippen LogP contribution is -2.29. The van der Waals surface area contributed by atoms with Gasteiger partial charge in [-0.1, -0.05) is 0 Å². The minimum atomic E-state index is -6.00. The standard InChI is InChI=1S/C25H23NO2S.2BF4/c1-26-15-5-4-6-23(26)20-16-24(18-7-11-21(27-2)12-8-18)29-25(17-20)19-9-13-22(28-3)14-10-19;2*2-1(3,4)5/h4-17H,1-3H3;;/q+2;2*-1. The normalized spacial score (nSPS) is 10.9. The van der Waals surface area contributed by atoms with Gasteiger partial charge in [0.25, 0.3) is 0 Å². The summed E-state index contributed by atoms with van der Waals surface area (Å²) >= 11 is 1.78. The molecule has 4 aromatic rings. The van der Waals surface area contributed by atoms with Gasteiger partial charge in [-0.15, -0.1) is 0 Å². The Morgan fingerprint density at radius 3 is 1.31 bits per heavy atom. The zero-order chi connectivity index (χ0) is 29.2. The van der Waals surface area contributed by atoms with Gasteiger partial charge in [0, 0.05) is 35.4 Å². The van der Waals surface area contributed by atoms with E-state index in [-0.39, 0.29) is 0 Å². The number of nitrogens with zero attached hydrogens (tertiary/aromatic N) is 1. The highest BCUT2D eigenvalue weighted by Crippen LogP contribution is 2.37. The second kappa shape index (κ2) is 13.9. The minimum absolute atomic E-state index is 0.861. The van der Waals surface area contributed by atoms with E-state index in [1.165, 1.54) is 32.1 Å². The first-order valence-electron chi connectivity index (χ1n) is 11.1. The molecular formula is C25H23B2F8NO2S. The van der Waals surface area contributed by atoms with Crippen LogP contribution in [0.2, 0.25) is 0 Å². The summed E-state index contributed by atoms with van der Waals surface area (Å²) in [5, 5.41) is 0. The van der Waals surface area contributed by atoms with E-state index < -0.39 is 14.5 Å². The first-order valence-corrected chi connectivity index (χ1v) is 12.0. The molecule has 0 fully saturated rings. The van der Waals surface area contributed by atoms with Crippen molar-refractivity contribution in [3.8, 4) is 43.6 Å². The zero-order valence-electron chi connectivity index (χ0n) is 20.9. The maximum Gasteiger partial charge on any atom is 0.673 e. The number of halogens is 8. The molecule has 0 aliphatic carbocycles. The minimum Gasteiger partial charge on any atom is -0.497 e. The molecule has 0 N–H and O–H groups in total. The van der Waals surface area contributed by atoms with Crippen LogP contribution < -0.4 is 14.0 Å². The van der Waals surface area contributed by atoms with Gasteiger partial charge in [-0.25, -0.2) is 4.57 Å². The van der Waals surface area contributed by atoms with Crippen LogP contribution in [0.4, 0.5) is 34.5 Å². The Bertz CT molecular complexity index is 1250. The molecule has 2 aromatic heterocycles. The summed E-state index contributed by atoms with van der Waals surface area (Å²) in [6, 6.07) is 27.2. The van der Waals surface area contributed by atoms with Crippen molar-refractivity contribution in [3.05, 3.63) is 85.1 Å². The average Bonchev–Trinajstić information content (AvgIpc) is 2.87. The van der Waals surface area contributed by atoms with Gasteiger partial charge in [-0.05, 0) is 54.6 Å². The van der Waals surface area contributed by atoms with Gasteiger partial charge in [0.1, 0.15) is 18.5 Å². The number of aryl methyl sites for hydroxylation is 1. The van der Waals surface area contributed by atoms with Gasteiger partial charge in [0.15, 0.2) is 6.20 Å². The number of benzene rings is 2. The molecule has 0 spiro atoms. The van der Waals surface area contributed by atoms with E-state index in [1.807, 2.05) is 30.3 Å². The van der Waals surface area contributed by atoms with Crippen LogP contribution in [0.1, 0.15) is 0 Å². The molecular weight excluding hydrogens is 552 g/mol. The van der Waals surface area contributed by atoms with Gasteiger partial charge in [-0.2, -0.15) is 0 Å². The second-order valence-electron chi connectivity index (χ2n) is 7.72. The third-order valence-electron chi connectivity index (χ3n) is 4.89. The number of methoxy groups -OCH3 is 2. The maximum absolute atomic E-state index is 9.75. The Labute approximate surface area is 224 Å². The van der Waals surface area contributed by atoms with Crippen molar-refractivity contribution in [3.63, 3.8) is 0 Å². The smallest absolute Gasteiger partial charge is 0.497 e. The van der Waals surface area contributed by atoms with Crippen molar-refractivity contribution in [2.24, 2.45) is 7.05 Å². The van der Waals surface area contributed by atoms with E-state index in [4.69, 9.17) is 9.47 Å². The van der Waals surface area contributed by atoms with E-state index in [0.29, 0.717) is 0 Å². The van der Waals surface area contributed by atoms with E-state index in [9.17, 15) is 34.5 Å². The highest BCUT2D eigenvalue weighted by atomic mass is 32.1. The first kappa shape index (κ1) is 31.5. The first-order chi connectivity index (χ1) is 18.2. The monoisotopic (exact) mass is 575 g/mol. The molecule has 4 rings (SSSR count). The van der Waals surface area contributed by atoms with E-state index in [2.05, 4.69) is 66.3 Å². The molecule has 39 heavy (non-hydrogen) atoms. The summed E-state index contributed by atoms with van der Waals surface area (Å²) in [6.45, 7) is 0. The summed E-state index contributed by atoms with van der Waals surface area (Å²) in [4.78, 5) is 2.42. The Morgan fingerprint density at radius 2 is 0.974 bits per heavy atom. The molecule has 0 saturated carbocycles. The number of ether oxygens (including phenoxy) is 2. The molecule has 3 nitrogen and oxygen atoms in total. The average molecular weight is 575 g/mol. The molecule has 0 radical (unpaired) electrons. The third kappa shape index (κ3) is 11.7. The van der Waals surface area contributed by atoms with E-state index in [0.717, 1.165) is 11.5 Å². The highest BCUT2D eigenvalue weighted by Gasteiger charge is 2.23. The summed E-state index contributed by atoms with van der Waals surface area (Å²) in [5.41, 5.74) is 4.70. The zero-order valence-corrected chi connectivity index (χ0v) is 21.7. The fourth-order valence-electron chi connectivity index (χ4n) is 3.27. The molecule has 0 unspecified atom stereocenters. The van der Waals surface area contributed by atoms with Crippen molar-refractivity contribution < 1.29 is 48.6 Å². The molecule has 0 aliphatic rings. The Kier molecular flexibility index (Phi) is 11.3. The van der Waals surface area contributed by atoms with Crippen LogP contribution in [0.3, 0.4) is 0 Å². The van der Waals surface area contributed by atoms with Crippen molar-refractivity contribution >= 4 is 25.8 Å². The summed E-state index contributed by atoms with van der Waals surface area (Å²) in [5.74, 6) is 1.72. The number of hydrogen-bond donors (Lipinski definition) is 0. The van der Waals surface area contributed by atoms with Crippen LogP contribution in [-0.2, 0) is 7.05 Å². The number of pyridine rings is 1. The number of hydrogen-bond acceptors (Lipinski definition) is 2. The Hall–Kier alpha value is -3.67. The van der Waals surface area contributed by atoms with Gasteiger partial charge in [0.2, 0.25) is 26.8 Å². The molecule has 0 amide bonds. The van der Waals surface area contributed by atoms with Crippen LogP contribution in [0.5, 0.6) is 11.5 Å². The largest absolute Gasteiger partial charge is 0.673 e. The molecule has 0 bridgehead atoms. The topological polar surface area (TPSA) is 22.3 Å². The molecule has 0 aliphatic heterocycles. The van der Waals surface area contributed by atoms with Gasteiger partial charge in [-0.3, -0.25) is 0 Å². The van der Waals surface area contributed by atoms with E-state index in [1.54, 1.807) is 25.6 Å². The van der Waals surface area contributed by atoms with Gasteiger partial charge in [0.05, 0.1) is 19.8 Å². The summed E-state index contributed by atoms with van der Waals surface area (Å²) < 4.78 is 90.8. The number of rotatable bonds is 5. The fourth-order valence-corrected chi connectivity index (χ4v) is 4.38. The van der Waals surface area contributed by atoms with Gasteiger partial charge >= 0.3 is 14.5 Å². The van der Waals surface area contributed by atoms with Crippen molar-refractivity contribution in [2.75, 3.05) is 14.2 Å². The van der Waals surface area contributed by atoms with Crippen LogP contribution in [0, 0.1) is 0 Å². The molecule has 2 aromatic carbocycles. The van der Waals surface area contributed by atoms with Crippen LogP contribution in [0.25, 0.3) is 32.1 Å². The predicted molar refractivity (Wildman–Crippen MR) is 140 cm³/mol. The maximum atomic E-state index is 9.75. The quantitative estimate of drug-likeness (QED) is 0.103. The van der Waals surface area contributed by atoms with Crippen molar-refractivity contribution in [1.29, 1.82) is 0 Å². The number of aromatic nitrogens is 1. The summed E-state index contributed by atoms with van der Waals surface area (Å²) in [7, 11) is -6.54. The van der Waals surface area contributed by atoms with Crippen molar-refractivity contribution in [2.45, 2.75) is 0 Å². The molecule has 0 saturated heterocycles. The highest BCUT2D eigenvalue weighted by molar-refractivity contribution is 7.18. The van der Waals surface area contributed by atoms with Crippen LogP contribution in [-0.4, -0.2) is 28.7 Å². The molecule has 2 heterocycles. The SMILES string of the molecule is COc1ccc(-c2cc(-c3cccc[n+]3C)cc(-c3ccc(OC)cc3)[s+]2)cc1.F[B-](F)(F)F.F[B-](F)(F)F. The Morgan fingerprint density at radius 1 is 0.590 bits per heavy atom. The fraction of sp³-hybridized carbons (Fsp3) is 0.120. The second-order valence-corrected chi connectivity index (χ2v) is 8.80. The van der Waals surface area contributed by atoms with Gasteiger partial charge < -0.3 is 44.0 Å².